The largest absolute Gasteiger partial charge is 0.390 e. The van der Waals surface area contributed by atoms with Crippen LogP contribution in [0.25, 0.3) is 10.1 Å². The molecule has 3 rings (SSSR count). The van der Waals surface area contributed by atoms with E-state index in [0.717, 1.165) is 28.7 Å². The van der Waals surface area contributed by atoms with Gasteiger partial charge in [0, 0.05) is 17.3 Å². The predicted octanol–water partition coefficient (Wildman–Crippen LogP) is 0.536. The second kappa shape index (κ2) is 5.47. The van der Waals surface area contributed by atoms with Gasteiger partial charge in [-0.3, -0.25) is 14.2 Å². The number of benzene rings is 1. The standard InChI is InChI=1S/C14H16N2O3S/c17-10(7-15-9-5-6-9)8-16-13(18)11-3-1-2-4-12(11)20-14(16)19/h1-4,9-10,15,17H,5-8H2. The lowest BCUT2D eigenvalue weighted by Gasteiger charge is -2.12. The third-order valence-electron chi connectivity index (χ3n) is 3.39. The molecule has 1 aliphatic rings. The van der Waals surface area contributed by atoms with Crippen molar-refractivity contribution in [3.05, 3.63) is 44.3 Å². The highest BCUT2D eigenvalue weighted by molar-refractivity contribution is 7.16. The number of aromatic nitrogens is 1. The lowest BCUT2D eigenvalue weighted by atomic mass is 10.3. The van der Waals surface area contributed by atoms with Gasteiger partial charge in [-0.05, 0) is 25.0 Å². The summed E-state index contributed by atoms with van der Waals surface area (Å²) < 4.78 is 1.82. The van der Waals surface area contributed by atoms with Crippen LogP contribution in [0.1, 0.15) is 12.8 Å². The van der Waals surface area contributed by atoms with Crippen molar-refractivity contribution in [2.75, 3.05) is 6.54 Å². The smallest absolute Gasteiger partial charge is 0.310 e. The van der Waals surface area contributed by atoms with Gasteiger partial charge in [0.2, 0.25) is 0 Å². The first-order valence-electron chi connectivity index (χ1n) is 6.69. The van der Waals surface area contributed by atoms with Crippen LogP contribution in [0.3, 0.4) is 0 Å². The molecule has 1 unspecified atom stereocenters. The third-order valence-corrected chi connectivity index (χ3v) is 4.36. The second-order valence-corrected chi connectivity index (χ2v) is 6.11. The lowest BCUT2D eigenvalue weighted by Crippen LogP contribution is -2.39. The van der Waals surface area contributed by atoms with Crippen LogP contribution in [-0.4, -0.2) is 28.4 Å². The van der Waals surface area contributed by atoms with Gasteiger partial charge in [0.25, 0.3) is 5.56 Å². The van der Waals surface area contributed by atoms with E-state index in [9.17, 15) is 14.7 Å². The monoisotopic (exact) mass is 292 g/mol. The van der Waals surface area contributed by atoms with Crippen LogP contribution in [0.5, 0.6) is 0 Å². The predicted molar refractivity (Wildman–Crippen MR) is 79.4 cm³/mol. The molecule has 1 aromatic heterocycles. The van der Waals surface area contributed by atoms with Crippen molar-refractivity contribution in [1.29, 1.82) is 0 Å². The zero-order valence-corrected chi connectivity index (χ0v) is 11.7. The minimum atomic E-state index is -0.727. The van der Waals surface area contributed by atoms with E-state index in [0.29, 0.717) is 22.7 Å². The number of nitrogens with zero attached hydrogens (tertiary/aromatic N) is 1. The molecule has 1 aliphatic carbocycles. The number of fused-ring (bicyclic) bond motifs is 1. The zero-order valence-electron chi connectivity index (χ0n) is 10.9. The maximum absolute atomic E-state index is 12.3. The summed E-state index contributed by atoms with van der Waals surface area (Å²) >= 11 is 1.04. The minimum absolute atomic E-state index is 0.0404. The van der Waals surface area contributed by atoms with E-state index >= 15 is 0 Å². The molecule has 5 nitrogen and oxygen atoms in total. The topological polar surface area (TPSA) is 71.3 Å². The zero-order chi connectivity index (χ0) is 14.1. The summed E-state index contributed by atoms with van der Waals surface area (Å²) in [6.07, 6.45) is 1.55. The second-order valence-electron chi connectivity index (χ2n) is 5.12. The highest BCUT2D eigenvalue weighted by atomic mass is 32.1. The van der Waals surface area contributed by atoms with E-state index in [4.69, 9.17) is 0 Å². The summed E-state index contributed by atoms with van der Waals surface area (Å²) in [7, 11) is 0. The molecule has 6 heteroatoms. The molecule has 0 aliphatic heterocycles. The number of aliphatic hydroxyl groups is 1. The molecule has 1 atom stereocenters. The first-order chi connectivity index (χ1) is 9.65. The fourth-order valence-corrected chi connectivity index (χ4v) is 3.00. The van der Waals surface area contributed by atoms with Crippen LogP contribution >= 0.6 is 11.3 Å². The Bertz CT molecular complexity index is 733. The van der Waals surface area contributed by atoms with Crippen molar-refractivity contribution in [1.82, 2.24) is 9.88 Å². The molecule has 2 N–H and O–H groups in total. The number of aliphatic hydroxyl groups excluding tert-OH is 1. The van der Waals surface area contributed by atoms with Crippen molar-refractivity contribution in [2.24, 2.45) is 0 Å². The fraction of sp³-hybridized carbons (Fsp3) is 0.429. The number of hydrogen-bond donors (Lipinski definition) is 2. The van der Waals surface area contributed by atoms with Gasteiger partial charge in [-0.2, -0.15) is 0 Å². The molecule has 1 fully saturated rings. The summed E-state index contributed by atoms with van der Waals surface area (Å²) in [5, 5.41) is 13.7. The van der Waals surface area contributed by atoms with Gasteiger partial charge >= 0.3 is 4.87 Å². The molecular formula is C14H16N2O3S. The van der Waals surface area contributed by atoms with E-state index in [1.54, 1.807) is 24.3 Å². The molecule has 0 amide bonds. The van der Waals surface area contributed by atoms with Crippen molar-refractivity contribution < 1.29 is 5.11 Å². The Morgan fingerprint density at radius 3 is 2.85 bits per heavy atom. The first kappa shape index (κ1) is 13.5. The molecule has 0 radical (unpaired) electrons. The van der Waals surface area contributed by atoms with Crippen LogP contribution in [0.4, 0.5) is 0 Å². The van der Waals surface area contributed by atoms with Gasteiger partial charge in [-0.15, -0.1) is 0 Å². The number of hydrogen-bond acceptors (Lipinski definition) is 5. The first-order valence-corrected chi connectivity index (χ1v) is 7.51. The SMILES string of the molecule is O=c1sc2ccccc2c(=O)n1CC(O)CNC1CC1. The Morgan fingerprint density at radius 2 is 2.10 bits per heavy atom. The van der Waals surface area contributed by atoms with Gasteiger partial charge in [-0.25, -0.2) is 0 Å². The average molecular weight is 292 g/mol. The van der Waals surface area contributed by atoms with Crippen LogP contribution in [-0.2, 0) is 6.54 Å². The van der Waals surface area contributed by atoms with Gasteiger partial charge < -0.3 is 10.4 Å². The van der Waals surface area contributed by atoms with Crippen LogP contribution in [0, 0.1) is 0 Å². The maximum atomic E-state index is 12.3. The third kappa shape index (κ3) is 2.82. The van der Waals surface area contributed by atoms with Gasteiger partial charge in [0.05, 0.1) is 18.0 Å². The van der Waals surface area contributed by atoms with Crippen molar-refractivity contribution in [3.8, 4) is 0 Å². The van der Waals surface area contributed by atoms with E-state index in [1.165, 1.54) is 0 Å². The summed E-state index contributed by atoms with van der Waals surface area (Å²) in [6, 6.07) is 7.54. The maximum Gasteiger partial charge on any atom is 0.310 e. The van der Waals surface area contributed by atoms with Gasteiger partial charge in [-0.1, -0.05) is 23.5 Å². The van der Waals surface area contributed by atoms with Crippen molar-refractivity contribution in [2.45, 2.75) is 31.5 Å². The molecule has 20 heavy (non-hydrogen) atoms. The van der Waals surface area contributed by atoms with Gasteiger partial charge in [0.15, 0.2) is 0 Å². The number of rotatable bonds is 5. The van der Waals surface area contributed by atoms with Crippen LogP contribution in [0.15, 0.2) is 33.9 Å². The molecule has 106 valence electrons. The van der Waals surface area contributed by atoms with E-state index in [1.807, 2.05) is 0 Å². The average Bonchev–Trinajstić information content (AvgIpc) is 3.25. The Balaban J connectivity index is 1.86. The minimum Gasteiger partial charge on any atom is -0.390 e. The normalized spacial score (nSPS) is 16.4. The quantitative estimate of drug-likeness (QED) is 0.843. The van der Waals surface area contributed by atoms with Gasteiger partial charge in [0.1, 0.15) is 0 Å². The Hall–Kier alpha value is -1.50. The molecule has 2 aromatic rings. The summed E-state index contributed by atoms with van der Waals surface area (Å²) in [4.78, 5) is 23.9. The molecule has 0 spiro atoms. The van der Waals surface area contributed by atoms with E-state index in [-0.39, 0.29) is 17.0 Å². The molecular weight excluding hydrogens is 276 g/mol. The molecule has 1 saturated carbocycles. The Morgan fingerprint density at radius 1 is 1.35 bits per heavy atom. The number of nitrogens with one attached hydrogen (secondary N) is 1. The Labute approximate surface area is 119 Å². The summed E-state index contributed by atoms with van der Waals surface area (Å²) in [6.45, 7) is 0.451. The van der Waals surface area contributed by atoms with Crippen molar-refractivity contribution in [3.63, 3.8) is 0 Å². The van der Waals surface area contributed by atoms with E-state index in [2.05, 4.69) is 5.32 Å². The molecule has 1 aromatic carbocycles. The molecule has 0 saturated heterocycles. The molecule has 1 heterocycles. The fourth-order valence-electron chi connectivity index (χ4n) is 2.13. The molecule has 0 bridgehead atoms. The highest BCUT2D eigenvalue weighted by Gasteiger charge is 2.21. The summed E-state index contributed by atoms with van der Waals surface area (Å²) in [5.74, 6) is 0. The van der Waals surface area contributed by atoms with E-state index < -0.39 is 6.10 Å². The van der Waals surface area contributed by atoms with Crippen LogP contribution in [0.2, 0.25) is 0 Å². The lowest BCUT2D eigenvalue weighted by molar-refractivity contribution is 0.149. The summed E-state index contributed by atoms with van der Waals surface area (Å²) in [5.41, 5.74) is -0.324. The highest BCUT2D eigenvalue weighted by Crippen LogP contribution is 2.18. The Kier molecular flexibility index (Phi) is 3.69. The van der Waals surface area contributed by atoms with Crippen molar-refractivity contribution >= 4 is 21.4 Å². The van der Waals surface area contributed by atoms with Crippen LogP contribution < -0.4 is 15.7 Å².